The van der Waals surface area contributed by atoms with Crippen LogP contribution in [0, 0.1) is 0 Å². The number of carbonyl (C=O) groups is 1. The van der Waals surface area contributed by atoms with Crippen LogP contribution in [0.4, 0.5) is 5.69 Å². The maximum Gasteiger partial charge on any atom is 0.221 e. The Kier molecular flexibility index (Phi) is 4.65. The molecular weight excluding hydrogens is 250 g/mol. The summed E-state index contributed by atoms with van der Waals surface area (Å²) in [4.78, 5) is 13.8. The first-order chi connectivity index (χ1) is 9.46. The Balaban J connectivity index is 2.12. The van der Waals surface area contributed by atoms with Gasteiger partial charge in [-0.25, -0.2) is 0 Å². The first-order valence-corrected chi connectivity index (χ1v) is 7.30. The number of hydrogen-bond donors (Lipinski definition) is 2. The van der Waals surface area contributed by atoms with Gasteiger partial charge < -0.3 is 15.5 Å². The van der Waals surface area contributed by atoms with E-state index in [1.807, 2.05) is 0 Å². The number of carbonyl (C=O) groups excluding carboxylic acids is 1. The molecule has 1 aromatic rings. The van der Waals surface area contributed by atoms with Crippen molar-refractivity contribution in [1.82, 2.24) is 10.6 Å². The minimum Gasteiger partial charge on any atom is -0.369 e. The predicted molar refractivity (Wildman–Crippen MR) is 82.9 cm³/mol. The summed E-state index contributed by atoms with van der Waals surface area (Å²) in [5.74, 6) is 0.151. The third kappa shape index (κ3) is 4.23. The van der Waals surface area contributed by atoms with Gasteiger partial charge in [-0.15, -0.1) is 0 Å². The summed E-state index contributed by atoms with van der Waals surface area (Å²) in [6, 6.07) is 8.45. The first kappa shape index (κ1) is 14.9. The maximum atomic E-state index is 11.5. The van der Waals surface area contributed by atoms with E-state index in [4.69, 9.17) is 0 Å². The van der Waals surface area contributed by atoms with Gasteiger partial charge in [0, 0.05) is 43.8 Å². The minimum atomic E-state index is 0.101. The molecular formula is C16H25N3O. The second-order valence-electron chi connectivity index (χ2n) is 6.32. The number of hydrogen-bond acceptors (Lipinski definition) is 3. The Morgan fingerprint density at radius 2 is 2.00 bits per heavy atom. The van der Waals surface area contributed by atoms with E-state index in [-0.39, 0.29) is 11.4 Å². The molecule has 1 amide bonds. The molecule has 110 valence electrons. The van der Waals surface area contributed by atoms with Crippen molar-refractivity contribution in [2.45, 2.75) is 39.3 Å². The molecule has 2 N–H and O–H groups in total. The van der Waals surface area contributed by atoms with Crippen LogP contribution in [0.5, 0.6) is 0 Å². The van der Waals surface area contributed by atoms with Crippen LogP contribution in [0.2, 0.25) is 0 Å². The number of benzene rings is 1. The van der Waals surface area contributed by atoms with Gasteiger partial charge in [0.05, 0.1) is 0 Å². The van der Waals surface area contributed by atoms with Crippen molar-refractivity contribution in [3.63, 3.8) is 0 Å². The largest absolute Gasteiger partial charge is 0.369 e. The van der Waals surface area contributed by atoms with Gasteiger partial charge >= 0.3 is 0 Å². The van der Waals surface area contributed by atoms with E-state index in [0.717, 1.165) is 26.2 Å². The van der Waals surface area contributed by atoms with Crippen molar-refractivity contribution in [3.05, 3.63) is 29.8 Å². The Labute approximate surface area is 121 Å². The second-order valence-corrected chi connectivity index (χ2v) is 6.32. The molecule has 0 atom stereocenters. The molecule has 20 heavy (non-hydrogen) atoms. The summed E-state index contributed by atoms with van der Waals surface area (Å²) < 4.78 is 0. The average molecular weight is 275 g/mol. The highest BCUT2D eigenvalue weighted by molar-refractivity contribution is 5.77. The van der Waals surface area contributed by atoms with Crippen molar-refractivity contribution in [2.24, 2.45) is 0 Å². The number of rotatable bonds is 3. The Hall–Kier alpha value is -1.55. The van der Waals surface area contributed by atoms with Gasteiger partial charge in [-0.3, -0.25) is 4.79 Å². The minimum absolute atomic E-state index is 0.101. The van der Waals surface area contributed by atoms with Gasteiger partial charge in [-0.1, -0.05) is 18.2 Å². The molecule has 0 radical (unpaired) electrons. The van der Waals surface area contributed by atoms with E-state index in [1.165, 1.54) is 11.3 Å². The van der Waals surface area contributed by atoms with E-state index in [2.05, 4.69) is 60.6 Å². The van der Waals surface area contributed by atoms with Gasteiger partial charge in [0.2, 0.25) is 5.91 Å². The predicted octanol–water partition coefficient (Wildman–Crippen LogP) is 1.90. The van der Waals surface area contributed by atoms with E-state index in [0.29, 0.717) is 6.42 Å². The molecule has 2 rings (SSSR count). The van der Waals surface area contributed by atoms with Crippen molar-refractivity contribution < 1.29 is 4.79 Å². The van der Waals surface area contributed by atoms with Crippen molar-refractivity contribution in [2.75, 3.05) is 24.5 Å². The van der Waals surface area contributed by atoms with Gasteiger partial charge in [0.25, 0.3) is 0 Å². The summed E-state index contributed by atoms with van der Waals surface area (Å²) >= 11 is 0. The van der Waals surface area contributed by atoms with Crippen LogP contribution in [0.25, 0.3) is 0 Å². The lowest BCUT2D eigenvalue weighted by Gasteiger charge is -2.27. The normalized spacial score (nSPS) is 16.8. The lowest BCUT2D eigenvalue weighted by molar-refractivity contribution is -0.120. The molecule has 1 fully saturated rings. The molecule has 0 unspecified atom stereocenters. The molecule has 1 aromatic carbocycles. The highest BCUT2D eigenvalue weighted by Gasteiger charge is 2.17. The second kappa shape index (κ2) is 6.27. The van der Waals surface area contributed by atoms with Crippen LogP contribution >= 0.6 is 0 Å². The summed E-state index contributed by atoms with van der Waals surface area (Å²) in [5, 5.41) is 6.46. The van der Waals surface area contributed by atoms with Crippen LogP contribution in [0.1, 0.15) is 32.8 Å². The summed E-state index contributed by atoms with van der Waals surface area (Å²) in [7, 11) is 0. The molecule has 1 saturated heterocycles. The zero-order valence-electron chi connectivity index (χ0n) is 12.7. The van der Waals surface area contributed by atoms with E-state index >= 15 is 0 Å². The topological polar surface area (TPSA) is 44.4 Å². The number of nitrogens with one attached hydrogen (secondary N) is 2. The number of para-hydroxylation sites is 1. The number of nitrogens with zero attached hydrogens (tertiary/aromatic N) is 1. The van der Waals surface area contributed by atoms with Crippen molar-refractivity contribution in [1.29, 1.82) is 0 Å². The fourth-order valence-corrected chi connectivity index (χ4v) is 2.34. The molecule has 1 aliphatic heterocycles. The van der Waals surface area contributed by atoms with E-state index in [9.17, 15) is 4.79 Å². The summed E-state index contributed by atoms with van der Waals surface area (Å²) in [6.07, 6.45) is 0.570. The van der Waals surface area contributed by atoms with Gasteiger partial charge in [-0.2, -0.15) is 0 Å². The average Bonchev–Trinajstić information content (AvgIpc) is 2.61. The maximum absolute atomic E-state index is 11.5. The molecule has 1 aliphatic rings. The standard InChI is InChI=1S/C16H25N3O/c1-16(2,3)18-12-13-6-4-5-7-14(13)19-10-8-15(20)17-9-11-19/h4-7,18H,8-12H2,1-3H3,(H,17,20). The fourth-order valence-electron chi connectivity index (χ4n) is 2.34. The lowest BCUT2D eigenvalue weighted by Crippen LogP contribution is -2.36. The molecule has 0 aromatic heterocycles. The van der Waals surface area contributed by atoms with Crippen LogP contribution in [0.3, 0.4) is 0 Å². The lowest BCUT2D eigenvalue weighted by atomic mass is 10.1. The molecule has 4 heteroatoms. The smallest absolute Gasteiger partial charge is 0.221 e. The van der Waals surface area contributed by atoms with Gasteiger partial charge in [0.1, 0.15) is 0 Å². The number of anilines is 1. The van der Waals surface area contributed by atoms with Crippen LogP contribution in [-0.4, -0.2) is 31.1 Å². The molecule has 0 aliphatic carbocycles. The van der Waals surface area contributed by atoms with Crippen LogP contribution in [0.15, 0.2) is 24.3 Å². The highest BCUT2D eigenvalue weighted by Crippen LogP contribution is 2.21. The van der Waals surface area contributed by atoms with E-state index < -0.39 is 0 Å². The van der Waals surface area contributed by atoms with Gasteiger partial charge in [0.15, 0.2) is 0 Å². The molecule has 0 saturated carbocycles. The monoisotopic (exact) mass is 275 g/mol. The van der Waals surface area contributed by atoms with Crippen molar-refractivity contribution >= 4 is 11.6 Å². The zero-order valence-corrected chi connectivity index (χ0v) is 12.7. The SMILES string of the molecule is CC(C)(C)NCc1ccccc1N1CCNC(=O)CC1. The van der Waals surface area contributed by atoms with E-state index in [1.54, 1.807) is 0 Å². The third-order valence-electron chi connectivity index (χ3n) is 3.45. The molecule has 0 spiro atoms. The van der Waals surface area contributed by atoms with Crippen LogP contribution in [-0.2, 0) is 11.3 Å². The molecule has 1 heterocycles. The Morgan fingerprint density at radius 3 is 2.75 bits per heavy atom. The quantitative estimate of drug-likeness (QED) is 0.885. The summed E-state index contributed by atoms with van der Waals surface area (Å²) in [5.41, 5.74) is 2.63. The first-order valence-electron chi connectivity index (χ1n) is 7.30. The van der Waals surface area contributed by atoms with Gasteiger partial charge in [-0.05, 0) is 32.4 Å². The molecule has 4 nitrogen and oxygen atoms in total. The fraction of sp³-hybridized carbons (Fsp3) is 0.562. The Morgan fingerprint density at radius 1 is 1.25 bits per heavy atom. The zero-order chi connectivity index (χ0) is 14.6. The third-order valence-corrected chi connectivity index (χ3v) is 3.45. The van der Waals surface area contributed by atoms with Crippen LogP contribution < -0.4 is 15.5 Å². The summed E-state index contributed by atoms with van der Waals surface area (Å²) in [6.45, 7) is 9.74. The molecule has 0 bridgehead atoms. The number of amides is 1. The Bertz CT molecular complexity index is 465. The van der Waals surface area contributed by atoms with Crippen molar-refractivity contribution in [3.8, 4) is 0 Å². The highest BCUT2D eigenvalue weighted by atomic mass is 16.1.